The van der Waals surface area contributed by atoms with Crippen molar-refractivity contribution in [1.29, 1.82) is 0 Å². The van der Waals surface area contributed by atoms with E-state index in [-0.39, 0.29) is 6.61 Å². The lowest BCUT2D eigenvalue weighted by Crippen LogP contribution is -2.19. The Bertz CT molecular complexity index is 317. The van der Waals surface area contributed by atoms with Crippen LogP contribution in [0.25, 0.3) is 0 Å². The molecule has 0 aliphatic rings. The Morgan fingerprint density at radius 1 is 1.40 bits per heavy atom. The van der Waals surface area contributed by atoms with Crippen molar-refractivity contribution in [2.75, 3.05) is 6.61 Å². The van der Waals surface area contributed by atoms with E-state index in [1.165, 1.54) is 0 Å². The van der Waals surface area contributed by atoms with Crippen molar-refractivity contribution in [2.24, 2.45) is 5.41 Å². The van der Waals surface area contributed by atoms with E-state index in [1.54, 1.807) is 6.92 Å². The summed E-state index contributed by atoms with van der Waals surface area (Å²) in [4.78, 5) is 22.0. The van der Waals surface area contributed by atoms with Crippen molar-refractivity contribution in [1.82, 2.24) is 0 Å². The van der Waals surface area contributed by atoms with E-state index < -0.39 is 16.6 Å². The predicted molar refractivity (Wildman–Crippen MR) is 58.5 cm³/mol. The molecular formula is C11H15ClO3. The zero-order chi connectivity index (χ0) is 12.1. The Labute approximate surface area is 94.7 Å². The normalized spacial score (nSPS) is 10.2. The Kier molecular flexibility index (Phi) is 5.34. The van der Waals surface area contributed by atoms with Crippen LogP contribution in [0.4, 0.5) is 0 Å². The number of ether oxygens (including phenoxy) is 1. The molecule has 0 radical (unpaired) electrons. The first-order valence-electron chi connectivity index (χ1n) is 4.62. The number of halogens is 1. The summed E-state index contributed by atoms with van der Waals surface area (Å²) in [5.74, 6) is -0.473. The van der Waals surface area contributed by atoms with Gasteiger partial charge in [-0.3, -0.25) is 4.79 Å². The highest BCUT2D eigenvalue weighted by Crippen LogP contribution is 2.25. The zero-order valence-corrected chi connectivity index (χ0v) is 10.1. The predicted octanol–water partition coefficient (Wildman–Crippen LogP) is 2.44. The van der Waals surface area contributed by atoms with Crippen LogP contribution in [0.5, 0.6) is 0 Å². The molecule has 0 saturated carbocycles. The Morgan fingerprint density at radius 2 is 1.93 bits per heavy atom. The number of carbonyl (C=O) groups is 2. The molecule has 0 spiro atoms. The highest BCUT2D eigenvalue weighted by molar-refractivity contribution is 6.66. The summed E-state index contributed by atoms with van der Waals surface area (Å²) in [5, 5.41) is -0.666. The number of rotatable bonds is 3. The second kappa shape index (κ2) is 5.74. The Morgan fingerprint density at radius 3 is 2.27 bits per heavy atom. The third kappa shape index (κ3) is 5.40. The molecule has 0 aromatic heterocycles. The molecule has 0 bridgehead atoms. The number of hydrogen-bond donors (Lipinski definition) is 0. The van der Waals surface area contributed by atoms with E-state index in [0.29, 0.717) is 5.57 Å². The molecule has 0 atom stereocenters. The topological polar surface area (TPSA) is 43.4 Å². The quantitative estimate of drug-likeness (QED) is 0.324. The van der Waals surface area contributed by atoms with E-state index in [2.05, 4.69) is 5.73 Å². The Balaban J connectivity index is 5.17. The average molecular weight is 231 g/mol. The lowest BCUT2D eigenvalue weighted by atomic mass is 9.87. The van der Waals surface area contributed by atoms with Gasteiger partial charge in [0, 0.05) is 11.5 Å². The number of hydrogen-bond acceptors (Lipinski definition) is 3. The van der Waals surface area contributed by atoms with Gasteiger partial charge >= 0.3 is 5.97 Å². The molecule has 84 valence electrons. The summed E-state index contributed by atoms with van der Waals surface area (Å²) < 4.78 is 4.85. The van der Waals surface area contributed by atoms with Crippen molar-refractivity contribution >= 4 is 22.8 Å². The van der Waals surface area contributed by atoms with Crippen molar-refractivity contribution in [3.05, 3.63) is 17.4 Å². The van der Waals surface area contributed by atoms with Crippen molar-refractivity contribution in [3.8, 4) is 0 Å². The molecule has 0 N–H and O–H groups in total. The molecule has 0 heterocycles. The van der Waals surface area contributed by atoms with Gasteiger partial charge < -0.3 is 4.74 Å². The van der Waals surface area contributed by atoms with Crippen molar-refractivity contribution < 1.29 is 14.3 Å². The lowest BCUT2D eigenvalue weighted by Gasteiger charge is -2.18. The van der Waals surface area contributed by atoms with Crippen LogP contribution in [-0.2, 0) is 14.3 Å². The third-order valence-corrected chi connectivity index (χ3v) is 1.67. The van der Waals surface area contributed by atoms with Gasteiger partial charge in [-0.15, -0.1) is 5.73 Å². The Hall–Kier alpha value is -1.05. The molecule has 3 nitrogen and oxygen atoms in total. The maximum absolute atomic E-state index is 11.5. The van der Waals surface area contributed by atoms with Crippen LogP contribution in [0.2, 0.25) is 0 Å². The fourth-order valence-electron chi connectivity index (χ4n) is 0.914. The van der Waals surface area contributed by atoms with Gasteiger partial charge in [0.05, 0.1) is 12.2 Å². The first kappa shape index (κ1) is 13.9. The minimum atomic E-state index is -0.666. The largest absolute Gasteiger partial charge is 0.462 e. The smallest absolute Gasteiger partial charge is 0.342 e. The summed E-state index contributed by atoms with van der Waals surface area (Å²) >= 11 is 5.13. The number of esters is 1. The van der Waals surface area contributed by atoms with Gasteiger partial charge in [-0.1, -0.05) is 20.8 Å². The van der Waals surface area contributed by atoms with Gasteiger partial charge in [-0.2, -0.15) is 0 Å². The maximum atomic E-state index is 11.5. The lowest BCUT2D eigenvalue weighted by molar-refractivity contribution is -0.139. The van der Waals surface area contributed by atoms with Crippen LogP contribution in [0.3, 0.4) is 0 Å². The van der Waals surface area contributed by atoms with Crippen LogP contribution in [-0.4, -0.2) is 17.8 Å². The second-order valence-electron chi connectivity index (χ2n) is 3.94. The molecule has 0 aromatic carbocycles. The molecule has 0 unspecified atom stereocenters. The molecule has 4 heteroatoms. The first-order chi connectivity index (χ1) is 6.79. The SMILES string of the molecule is CCOC(=O)C(=C=CC(=O)Cl)C(C)(C)C. The summed E-state index contributed by atoms with van der Waals surface area (Å²) in [5.41, 5.74) is 2.45. The number of carbonyl (C=O) groups excluding carboxylic acids is 2. The second-order valence-corrected chi connectivity index (χ2v) is 4.31. The molecule has 0 rings (SSSR count). The van der Waals surface area contributed by atoms with E-state index in [4.69, 9.17) is 16.3 Å². The fourth-order valence-corrected chi connectivity index (χ4v) is 0.968. The van der Waals surface area contributed by atoms with E-state index in [0.717, 1.165) is 6.08 Å². The highest BCUT2D eigenvalue weighted by Gasteiger charge is 2.24. The zero-order valence-electron chi connectivity index (χ0n) is 9.39. The van der Waals surface area contributed by atoms with E-state index in [1.807, 2.05) is 20.8 Å². The molecule has 0 aliphatic carbocycles. The molecule has 0 saturated heterocycles. The fraction of sp³-hybridized carbons (Fsp3) is 0.545. The summed E-state index contributed by atoms with van der Waals surface area (Å²) in [6.45, 7) is 7.50. The van der Waals surface area contributed by atoms with Gasteiger partial charge in [0.25, 0.3) is 5.24 Å². The highest BCUT2D eigenvalue weighted by atomic mass is 35.5. The van der Waals surface area contributed by atoms with Gasteiger partial charge in [0.15, 0.2) is 0 Å². The molecule has 0 aromatic rings. The van der Waals surface area contributed by atoms with Gasteiger partial charge in [0.1, 0.15) is 0 Å². The van der Waals surface area contributed by atoms with Gasteiger partial charge in [-0.05, 0) is 18.5 Å². The summed E-state index contributed by atoms with van der Waals surface area (Å²) in [6, 6.07) is 0. The van der Waals surface area contributed by atoms with Crippen LogP contribution in [0.15, 0.2) is 17.4 Å². The van der Waals surface area contributed by atoms with Gasteiger partial charge in [0.2, 0.25) is 0 Å². The van der Waals surface area contributed by atoms with Gasteiger partial charge in [-0.25, -0.2) is 4.79 Å². The summed E-state index contributed by atoms with van der Waals surface area (Å²) in [7, 11) is 0. The van der Waals surface area contributed by atoms with Crippen molar-refractivity contribution in [2.45, 2.75) is 27.7 Å². The molecule has 0 aliphatic heterocycles. The summed E-state index contributed by atoms with van der Waals surface area (Å²) in [6.07, 6.45) is 1.03. The molecule has 15 heavy (non-hydrogen) atoms. The molecule has 0 amide bonds. The minimum absolute atomic E-state index is 0.287. The average Bonchev–Trinajstić information content (AvgIpc) is 2.01. The van der Waals surface area contributed by atoms with E-state index in [9.17, 15) is 9.59 Å². The minimum Gasteiger partial charge on any atom is -0.462 e. The molecule has 0 fully saturated rings. The van der Waals surface area contributed by atoms with Crippen molar-refractivity contribution in [3.63, 3.8) is 0 Å². The standard InChI is InChI=1S/C11H15ClO3/c1-5-15-10(14)8(11(2,3)4)6-7-9(12)13/h7H,5H2,1-4H3. The molecular weight excluding hydrogens is 216 g/mol. The van der Waals surface area contributed by atoms with Crippen LogP contribution in [0, 0.1) is 5.41 Å². The monoisotopic (exact) mass is 230 g/mol. The van der Waals surface area contributed by atoms with Crippen LogP contribution in [0.1, 0.15) is 27.7 Å². The van der Waals surface area contributed by atoms with Crippen LogP contribution >= 0.6 is 11.6 Å². The van der Waals surface area contributed by atoms with E-state index >= 15 is 0 Å². The first-order valence-corrected chi connectivity index (χ1v) is 5.00. The third-order valence-electron chi connectivity index (χ3n) is 1.56. The van der Waals surface area contributed by atoms with Crippen LogP contribution < -0.4 is 0 Å². The maximum Gasteiger partial charge on any atom is 0.342 e.